The number of hydrogen-bond acceptors (Lipinski definition) is 5. The first-order chi connectivity index (χ1) is 10.1. The van der Waals surface area contributed by atoms with Crippen LogP contribution in [0.15, 0.2) is 36.4 Å². The smallest absolute Gasteiger partial charge is 0.265 e. The number of nitrogens with one attached hydrogen (secondary N) is 2. The van der Waals surface area contributed by atoms with Gasteiger partial charge in [0.25, 0.3) is 5.91 Å². The molecule has 1 amide bonds. The maximum absolute atomic E-state index is 11.5. The Morgan fingerprint density at radius 2 is 2.00 bits per heavy atom. The number of carbonyl (C=O) groups excluding carboxylic acids is 1. The maximum Gasteiger partial charge on any atom is 0.265 e. The van der Waals surface area contributed by atoms with Gasteiger partial charge >= 0.3 is 0 Å². The third-order valence-corrected chi connectivity index (χ3v) is 3.11. The summed E-state index contributed by atoms with van der Waals surface area (Å²) in [6.45, 7) is 0. The molecule has 0 aliphatic rings. The number of aromatic nitrogens is 2. The number of aromatic amines is 1. The van der Waals surface area contributed by atoms with E-state index in [1.54, 1.807) is 24.3 Å². The molecule has 1 heterocycles. The van der Waals surface area contributed by atoms with Crippen molar-refractivity contribution in [1.29, 1.82) is 0 Å². The topological polar surface area (TPSA) is 124 Å². The Morgan fingerprint density at radius 3 is 2.71 bits per heavy atom. The molecule has 0 spiro atoms. The van der Waals surface area contributed by atoms with Crippen LogP contribution in [-0.2, 0) is 0 Å². The lowest BCUT2D eigenvalue weighted by atomic mass is 10.2. The SMILES string of the molecule is NNC(=O)c1ccc2nc(-c3ccc(O)cc3O)[nH]c2c1. The van der Waals surface area contributed by atoms with Crippen LogP contribution in [0.1, 0.15) is 10.4 Å². The molecule has 0 atom stereocenters. The molecule has 106 valence electrons. The molecule has 6 N–H and O–H groups in total. The Bertz CT molecular complexity index is 841. The summed E-state index contributed by atoms with van der Waals surface area (Å²) in [6, 6.07) is 9.13. The summed E-state index contributed by atoms with van der Waals surface area (Å²) in [4.78, 5) is 18.8. The number of imidazole rings is 1. The molecule has 7 nitrogen and oxygen atoms in total. The van der Waals surface area contributed by atoms with Crippen LogP contribution in [0.25, 0.3) is 22.4 Å². The van der Waals surface area contributed by atoms with Crippen LogP contribution in [0.4, 0.5) is 0 Å². The highest BCUT2D eigenvalue weighted by Gasteiger charge is 2.12. The van der Waals surface area contributed by atoms with Crippen molar-refractivity contribution in [1.82, 2.24) is 15.4 Å². The molecular weight excluding hydrogens is 272 g/mol. The Morgan fingerprint density at radius 1 is 1.19 bits per heavy atom. The van der Waals surface area contributed by atoms with Gasteiger partial charge in [-0.15, -0.1) is 0 Å². The molecule has 0 radical (unpaired) electrons. The van der Waals surface area contributed by atoms with Gasteiger partial charge < -0.3 is 15.2 Å². The van der Waals surface area contributed by atoms with Crippen molar-refractivity contribution < 1.29 is 15.0 Å². The number of hydrogen-bond donors (Lipinski definition) is 5. The molecule has 0 saturated heterocycles. The monoisotopic (exact) mass is 284 g/mol. The number of phenols is 2. The molecule has 3 rings (SSSR count). The maximum atomic E-state index is 11.5. The number of nitrogens with two attached hydrogens (primary N) is 1. The number of aromatic hydroxyl groups is 2. The molecule has 21 heavy (non-hydrogen) atoms. The van der Waals surface area contributed by atoms with E-state index in [1.807, 2.05) is 0 Å². The van der Waals surface area contributed by atoms with Gasteiger partial charge in [-0.1, -0.05) is 0 Å². The number of nitrogens with zero attached hydrogens (tertiary/aromatic N) is 1. The number of phenolic OH excluding ortho intramolecular Hbond substituents is 2. The lowest BCUT2D eigenvalue weighted by Gasteiger charge is -2.01. The van der Waals surface area contributed by atoms with Crippen LogP contribution in [0.3, 0.4) is 0 Å². The second-order valence-corrected chi connectivity index (χ2v) is 4.49. The van der Waals surface area contributed by atoms with Gasteiger partial charge in [-0.2, -0.15) is 0 Å². The van der Waals surface area contributed by atoms with Crippen molar-refractivity contribution in [2.45, 2.75) is 0 Å². The average Bonchev–Trinajstić information content (AvgIpc) is 2.88. The van der Waals surface area contributed by atoms with E-state index in [0.29, 0.717) is 28.0 Å². The Labute approximate surface area is 119 Å². The van der Waals surface area contributed by atoms with Gasteiger partial charge in [-0.3, -0.25) is 10.2 Å². The van der Waals surface area contributed by atoms with Crippen molar-refractivity contribution in [3.05, 3.63) is 42.0 Å². The van der Waals surface area contributed by atoms with Crippen LogP contribution < -0.4 is 11.3 Å². The van der Waals surface area contributed by atoms with Gasteiger partial charge in [0.05, 0.1) is 16.6 Å². The fourth-order valence-electron chi connectivity index (χ4n) is 2.08. The Hall–Kier alpha value is -3.06. The third-order valence-electron chi connectivity index (χ3n) is 3.11. The van der Waals surface area contributed by atoms with Crippen LogP contribution in [0.2, 0.25) is 0 Å². The van der Waals surface area contributed by atoms with E-state index in [-0.39, 0.29) is 11.5 Å². The molecule has 0 aliphatic carbocycles. The summed E-state index contributed by atoms with van der Waals surface area (Å²) >= 11 is 0. The second kappa shape index (κ2) is 4.80. The minimum absolute atomic E-state index is 0.0331. The molecule has 0 aliphatic heterocycles. The number of nitrogen functional groups attached to an aromatic ring is 1. The van der Waals surface area contributed by atoms with E-state index in [0.717, 1.165) is 0 Å². The molecule has 2 aromatic carbocycles. The van der Waals surface area contributed by atoms with E-state index >= 15 is 0 Å². The molecule has 0 bridgehead atoms. The fourth-order valence-corrected chi connectivity index (χ4v) is 2.08. The van der Waals surface area contributed by atoms with E-state index in [4.69, 9.17) is 5.84 Å². The van der Waals surface area contributed by atoms with Crippen molar-refractivity contribution in [3.8, 4) is 22.9 Å². The highest BCUT2D eigenvalue weighted by atomic mass is 16.3. The van der Waals surface area contributed by atoms with Crippen molar-refractivity contribution in [3.63, 3.8) is 0 Å². The number of amides is 1. The average molecular weight is 284 g/mol. The summed E-state index contributed by atoms with van der Waals surface area (Å²) < 4.78 is 0. The number of H-pyrrole nitrogens is 1. The van der Waals surface area contributed by atoms with Gasteiger partial charge in [-0.05, 0) is 30.3 Å². The van der Waals surface area contributed by atoms with Gasteiger partial charge in [-0.25, -0.2) is 10.8 Å². The van der Waals surface area contributed by atoms with E-state index in [1.165, 1.54) is 12.1 Å². The van der Waals surface area contributed by atoms with Crippen molar-refractivity contribution >= 4 is 16.9 Å². The van der Waals surface area contributed by atoms with Gasteiger partial charge in [0.2, 0.25) is 0 Å². The second-order valence-electron chi connectivity index (χ2n) is 4.49. The Kier molecular flexibility index (Phi) is 2.96. The highest BCUT2D eigenvalue weighted by molar-refractivity contribution is 5.97. The summed E-state index contributed by atoms with van der Waals surface area (Å²) in [5.41, 5.74) is 4.19. The first-order valence-corrected chi connectivity index (χ1v) is 6.11. The zero-order chi connectivity index (χ0) is 15.0. The molecule has 0 unspecified atom stereocenters. The number of hydrazine groups is 1. The summed E-state index contributed by atoms with van der Waals surface area (Å²) in [5, 5.41) is 19.2. The first-order valence-electron chi connectivity index (χ1n) is 6.11. The van der Waals surface area contributed by atoms with Crippen LogP contribution >= 0.6 is 0 Å². The summed E-state index contributed by atoms with van der Waals surface area (Å²) in [6.07, 6.45) is 0. The third kappa shape index (κ3) is 2.26. The molecule has 1 aromatic heterocycles. The Balaban J connectivity index is 2.10. The minimum Gasteiger partial charge on any atom is -0.508 e. The molecule has 0 fully saturated rings. The number of carbonyl (C=O) groups is 1. The predicted octanol–water partition coefficient (Wildman–Crippen LogP) is 1.24. The van der Waals surface area contributed by atoms with Gasteiger partial charge in [0.1, 0.15) is 17.3 Å². The van der Waals surface area contributed by atoms with Crippen LogP contribution in [0.5, 0.6) is 11.5 Å². The first kappa shape index (κ1) is 12.9. The van der Waals surface area contributed by atoms with Gasteiger partial charge in [0.15, 0.2) is 0 Å². The lowest BCUT2D eigenvalue weighted by Crippen LogP contribution is -2.29. The summed E-state index contributed by atoms with van der Waals surface area (Å²) in [5.74, 6) is 5.01. The fraction of sp³-hybridized carbons (Fsp3) is 0. The van der Waals surface area contributed by atoms with Crippen LogP contribution in [0, 0.1) is 0 Å². The van der Waals surface area contributed by atoms with E-state index in [9.17, 15) is 15.0 Å². The van der Waals surface area contributed by atoms with E-state index in [2.05, 4.69) is 15.4 Å². The largest absolute Gasteiger partial charge is 0.508 e. The predicted molar refractivity (Wildman–Crippen MR) is 76.5 cm³/mol. The minimum atomic E-state index is -0.402. The quantitative estimate of drug-likeness (QED) is 0.275. The van der Waals surface area contributed by atoms with Crippen LogP contribution in [-0.4, -0.2) is 26.1 Å². The lowest BCUT2D eigenvalue weighted by molar-refractivity contribution is 0.0954. The number of fused-ring (bicyclic) bond motifs is 1. The number of rotatable bonds is 2. The van der Waals surface area contributed by atoms with Gasteiger partial charge in [0, 0.05) is 11.6 Å². The molecular formula is C14H12N4O3. The zero-order valence-corrected chi connectivity index (χ0v) is 10.8. The highest BCUT2D eigenvalue weighted by Crippen LogP contribution is 2.31. The summed E-state index contributed by atoms with van der Waals surface area (Å²) in [7, 11) is 0. The standard InChI is InChI=1S/C14H12N4O3/c15-18-14(21)7-1-4-10-11(5-7)17-13(16-10)9-3-2-8(19)6-12(9)20/h1-6,19-20H,15H2,(H,16,17)(H,18,21). The van der Waals surface area contributed by atoms with E-state index < -0.39 is 5.91 Å². The molecule has 0 saturated carbocycles. The number of benzene rings is 2. The normalized spacial score (nSPS) is 10.7. The molecule has 3 aromatic rings. The van der Waals surface area contributed by atoms with Crippen molar-refractivity contribution in [2.75, 3.05) is 0 Å². The zero-order valence-electron chi connectivity index (χ0n) is 10.8. The molecule has 7 heteroatoms. The van der Waals surface area contributed by atoms with Crippen molar-refractivity contribution in [2.24, 2.45) is 5.84 Å².